The molecule has 1 saturated carbocycles. The summed E-state index contributed by atoms with van der Waals surface area (Å²) in [5.74, 6) is -0.250. The number of carbonyl (C=O) groups is 1. The minimum absolute atomic E-state index is 0.0409. The fourth-order valence-electron chi connectivity index (χ4n) is 2.52. The van der Waals surface area contributed by atoms with E-state index in [0.29, 0.717) is 11.6 Å². The molecule has 0 saturated heterocycles. The number of nitrogens with one attached hydrogen (secondary N) is 2. The van der Waals surface area contributed by atoms with Crippen molar-refractivity contribution in [1.29, 1.82) is 0 Å². The van der Waals surface area contributed by atoms with Gasteiger partial charge in [-0.2, -0.15) is 5.10 Å². The maximum Gasteiger partial charge on any atom is 0.278 e. The first-order chi connectivity index (χ1) is 10.7. The first-order valence-corrected chi connectivity index (χ1v) is 7.45. The third-order valence-electron chi connectivity index (χ3n) is 3.68. The Morgan fingerprint density at radius 1 is 1.32 bits per heavy atom. The Balaban J connectivity index is 1.79. The fraction of sp³-hybridized carbons (Fsp3) is 0.467. The number of para-hydroxylation sites is 1. The molecule has 1 aliphatic rings. The van der Waals surface area contributed by atoms with Crippen molar-refractivity contribution in [2.24, 2.45) is 5.10 Å². The molecule has 1 aliphatic carbocycles. The first kappa shape index (κ1) is 16.1. The summed E-state index contributed by atoms with van der Waals surface area (Å²) in [5, 5.41) is 17.8. The van der Waals surface area contributed by atoms with Crippen molar-refractivity contribution in [1.82, 2.24) is 10.7 Å². The summed E-state index contributed by atoms with van der Waals surface area (Å²) >= 11 is 0. The molecule has 0 atom stereocenters. The molecule has 0 unspecified atom stereocenters. The van der Waals surface area contributed by atoms with Gasteiger partial charge in [-0.1, -0.05) is 31.4 Å². The molecule has 0 aromatic heterocycles. The lowest BCUT2D eigenvalue weighted by molar-refractivity contribution is -0.385. The van der Waals surface area contributed by atoms with Crippen molar-refractivity contribution in [2.75, 3.05) is 6.54 Å². The SMILES string of the molecule is O=C(CNC1CCCCC1)N/N=C\c1ccccc1[N+](=O)[O-]. The van der Waals surface area contributed by atoms with Gasteiger partial charge in [0.05, 0.1) is 23.2 Å². The van der Waals surface area contributed by atoms with Gasteiger partial charge in [-0.05, 0) is 18.9 Å². The second-order valence-corrected chi connectivity index (χ2v) is 5.32. The van der Waals surface area contributed by atoms with Crippen LogP contribution in [-0.4, -0.2) is 29.6 Å². The van der Waals surface area contributed by atoms with Crippen molar-refractivity contribution in [3.8, 4) is 0 Å². The molecule has 1 fully saturated rings. The van der Waals surface area contributed by atoms with E-state index in [-0.39, 0.29) is 18.1 Å². The third-order valence-corrected chi connectivity index (χ3v) is 3.68. The zero-order valence-electron chi connectivity index (χ0n) is 12.3. The van der Waals surface area contributed by atoms with Crippen LogP contribution in [0.5, 0.6) is 0 Å². The molecule has 0 heterocycles. The highest BCUT2D eigenvalue weighted by Crippen LogP contribution is 2.17. The molecule has 0 aliphatic heterocycles. The molecule has 118 valence electrons. The predicted octanol–water partition coefficient (Wildman–Crippen LogP) is 1.97. The average molecular weight is 304 g/mol. The van der Waals surface area contributed by atoms with Crippen LogP contribution in [0.4, 0.5) is 5.69 Å². The minimum atomic E-state index is -0.478. The number of nitrogens with zero attached hydrogens (tertiary/aromatic N) is 2. The first-order valence-electron chi connectivity index (χ1n) is 7.45. The highest BCUT2D eigenvalue weighted by Gasteiger charge is 2.14. The molecule has 2 N–H and O–H groups in total. The second-order valence-electron chi connectivity index (χ2n) is 5.32. The largest absolute Gasteiger partial charge is 0.306 e. The van der Waals surface area contributed by atoms with Crippen LogP contribution in [-0.2, 0) is 4.79 Å². The van der Waals surface area contributed by atoms with Gasteiger partial charge in [0.15, 0.2) is 0 Å². The van der Waals surface area contributed by atoms with E-state index in [4.69, 9.17) is 0 Å². The standard InChI is InChI=1S/C15H20N4O3/c20-15(11-16-13-7-2-1-3-8-13)18-17-10-12-6-4-5-9-14(12)19(21)22/h4-6,9-10,13,16H,1-3,7-8,11H2,(H,18,20)/b17-10-. The monoisotopic (exact) mass is 304 g/mol. The van der Waals surface area contributed by atoms with Crippen LogP contribution in [0.2, 0.25) is 0 Å². The Morgan fingerprint density at radius 2 is 2.05 bits per heavy atom. The van der Waals surface area contributed by atoms with Gasteiger partial charge in [-0.25, -0.2) is 5.43 Å². The molecule has 1 aromatic carbocycles. The van der Waals surface area contributed by atoms with E-state index < -0.39 is 4.92 Å². The van der Waals surface area contributed by atoms with Crippen LogP contribution in [0.15, 0.2) is 29.4 Å². The molecule has 0 bridgehead atoms. The van der Waals surface area contributed by atoms with E-state index in [1.807, 2.05) is 0 Å². The molecule has 0 radical (unpaired) electrons. The third kappa shape index (κ3) is 4.92. The van der Waals surface area contributed by atoms with Crippen LogP contribution in [0, 0.1) is 10.1 Å². The predicted molar refractivity (Wildman–Crippen MR) is 83.7 cm³/mol. The Bertz CT molecular complexity index is 553. The van der Waals surface area contributed by atoms with Crippen LogP contribution < -0.4 is 10.7 Å². The van der Waals surface area contributed by atoms with Crippen molar-refractivity contribution < 1.29 is 9.72 Å². The summed E-state index contributed by atoms with van der Waals surface area (Å²) in [6.07, 6.45) is 7.17. The van der Waals surface area contributed by atoms with Gasteiger partial charge in [0.1, 0.15) is 0 Å². The Hall–Kier alpha value is -2.28. The van der Waals surface area contributed by atoms with Gasteiger partial charge in [-0.15, -0.1) is 0 Å². The van der Waals surface area contributed by atoms with Crippen LogP contribution in [0.3, 0.4) is 0 Å². The van der Waals surface area contributed by atoms with E-state index >= 15 is 0 Å². The van der Waals surface area contributed by atoms with Crippen molar-refractivity contribution in [3.05, 3.63) is 39.9 Å². The summed E-state index contributed by atoms with van der Waals surface area (Å²) in [6.45, 7) is 0.207. The molecule has 2 rings (SSSR count). The maximum absolute atomic E-state index is 11.7. The smallest absolute Gasteiger partial charge is 0.278 e. The van der Waals surface area contributed by atoms with Gasteiger partial charge in [0.2, 0.25) is 0 Å². The summed E-state index contributed by atoms with van der Waals surface area (Å²) in [7, 11) is 0. The van der Waals surface area contributed by atoms with Crippen molar-refractivity contribution in [3.63, 3.8) is 0 Å². The molecular formula is C15H20N4O3. The maximum atomic E-state index is 11.7. The quantitative estimate of drug-likeness (QED) is 0.477. The molecule has 7 heteroatoms. The lowest BCUT2D eigenvalue weighted by Gasteiger charge is -2.22. The fourth-order valence-corrected chi connectivity index (χ4v) is 2.52. The Labute approximate surface area is 128 Å². The number of benzene rings is 1. The highest BCUT2D eigenvalue weighted by atomic mass is 16.6. The lowest BCUT2D eigenvalue weighted by atomic mass is 9.95. The Morgan fingerprint density at radius 3 is 2.77 bits per heavy atom. The van der Waals surface area contributed by atoms with Gasteiger partial charge in [0, 0.05) is 12.1 Å². The Kier molecular flexibility index (Phi) is 6.02. The number of hydrogen-bond donors (Lipinski definition) is 2. The number of carbonyl (C=O) groups excluding carboxylic acids is 1. The normalized spacial score (nSPS) is 15.8. The topological polar surface area (TPSA) is 96.6 Å². The molecule has 1 amide bonds. The minimum Gasteiger partial charge on any atom is -0.306 e. The van der Waals surface area contributed by atoms with E-state index in [9.17, 15) is 14.9 Å². The highest BCUT2D eigenvalue weighted by molar-refractivity contribution is 5.86. The number of nitro benzene ring substituents is 1. The number of amides is 1. The van der Waals surface area contributed by atoms with E-state index in [2.05, 4.69) is 15.8 Å². The summed E-state index contributed by atoms with van der Waals surface area (Å²) in [5.41, 5.74) is 2.70. The molecule has 0 spiro atoms. The molecular weight excluding hydrogens is 284 g/mol. The van der Waals surface area contributed by atoms with Gasteiger partial charge in [0.25, 0.3) is 11.6 Å². The summed E-state index contributed by atoms with van der Waals surface area (Å²) < 4.78 is 0. The number of nitro groups is 1. The van der Waals surface area contributed by atoms with E-state index in [1.165, 1.54) is 31.5 Å². The van der Waals surface area contributed by atoms with Crippen LogP contribution >= 0.6 is 0 Å². The summed E-state index contributed by atoms with van der Waals surface area (Å²) in [6, 6.07) is 6.64. The van der Waals surface area contributed by atoms with Gasteiger partial charge < -0.3 is 5.32 Å². The van der Waals surface area contributed by atoms with Gasteiger partial charge >= 0.3 is 0 Å². The van der Waals surface area contributed by atoms with E-state index in [0.717, 1.165) is 12.8 Å². The van der Waals surface area contributed by atoms with Crippen molar-refractivity contribution in [2.45, 2.75) is 38.1 Å². The average Bonchev–Trinajstić information content (AvgIpc) is 2.54. The summed E-state index contributed by atoms with van der Waals surface area (Å²) in [4.78, 5) is 22.0. The van der Waals surface area contributed by atoms with Crippen LogP contribution in [0.25, 0.3) is 0 Å². The second kappa shape index (κ2) is 8.23. The van der Waals surface area contributed by atoms with E-state index in [1.54, 1.807) is 18.2 Å². The number of rotatable bonds is 6. The molecule has 1 aromatic rings. The molecule has 22 heavy (non-hydrogen) atoms. The van der Waals surface area contributed by atoms with Gasteiger partial charge in [-0.3, -0.25) is 14.9 Å². The number of hydrazone groups is 1. The number of hydrogen-bond acceptors (Lipinski definition) is 5. The molecule has 7 nitrogen and oxygen atoms in total. The van der Waals surface area contributed by atoms with Crippen molar-refractivity contribution >= 4 is 17.8 Å². The zero-order chi connectivity index (χ0) is 15.8. The van der Waals surface area contributed by atoms with Crippen LogP contribution in [0.1, 0.15) is 37.7 Å². The zero-order valence-corrected chi connectivity index (χ0v) is 12.3. The lowest BCUT2D eigenvalue weighted by Crippen LogP contribution is -2.38.